The highest BCUT2D eigenvalue weighted by Gasteiger charge is 2.23. The molecule has 2 saturated carbocycles. The number of terminal acetylenes is 1. The summed E-state index contributed by atoms with van der Waals surface area (Å²) in [4.78, 5) is 0. The van der Waals surface area contributed by atoms with Crippen molar-refractivity contribution in [2.45, 2.75) is 70.1 Å². The van der Waals surface area contributed by atoms with E-state index in [1.165, 1.54) is 86.5 Å². The second-order valence-electron chi connectivity index (χ2n) is 10.3. The van der Waals surface area contributed by atoms with Crippen molar-refractivity contribution in [3.8, 4) is 24.2 Å². The Morgan fingerprint density at radius 2 is 1.24 bits per heavy atom. The third-order valence-electron chi connectivity index (χ3n) is 8.17. The number of hydrogen-bond donors (Lipinski definition) is 0. The largest absolute Gasteiger partial charge is 0.134 e. The SMILES string of the molecule is C#CC#CC1CCC(c2ccc3c(c2)sc2c4ccc(C5CCC(C)CC5)cc4sc32)CC1. The van der Waals surface area contributed by atoms with E-state index in [9.17, 15) is 0 Å². The number of thiophene rings is 2. The minimum atomic E-state index is 0.487. The molecule has 0 saturated heterocycles. The van der Waals surface area contributed by atoms with E-state index in [0.29, 0.717) is 11.8 Å². The lowest BCUT2D eigenvalue weighted by atomic mass is 9.79. The van der Waals surface area contributed by atoms with Gasteiger partial charge in [-0.3, -0.25) is 0 Å². The predicted octanol–water partition coefficient (Wildman–Crippen LogP) is 9.47. The number of fused-ring (bicyclic) bond motifs is 5. The fourth-order valence-electron chi connectivity index (χ4n) is 6.11. The van der Waals surface area contributed by atoms with Crippen molar-refractivity contribution in [1.29, 1.82) is 0 Å². The van der Waals surface area contributed by atoms with Crippen molar-refractivity contribution in [3.05, 3.63) is 47.5 Å². The molecule has 6 rings (SSSR count). The van der Waals surface area contributed by atoms with E-state index in [4.69, 9.17) is 6.42 Å². The second kappa shape index (κ2) is 8.83. The molecule has 4 aromatic rings. The standard InChI is InChI=1S/C31H30S2/c1-3-4-5-21-8-12-23(13-9-21)25-15-17-27-29(19-25)33-30-26-16-14-24(18-28(26)32-31(27)30)22-10-6-20(2)7-11-22/h1,14-23H,6-13H2,2H3. The van der Waals surface area contributed by atoms with Crippen LogP contribution in [-0.4, -0.2) is 0 Å². The molecule has 0 nitrogen and oxygen atoms in total. The van der Waals surface area contributed by atoms with Crippen LogP contribution in [0.25, 0.3) is 29.6 Å². The van der Waals surface area contributed by atoms with E-state index in [1.807, 2.05) is 22.7 Å². The second-order valence-corrected chi connectivity index (χ2v) is 12.4. The first kappa shape index (κ1) is 21.3. The van der Waals surface area contributed by atoms with Crippen LogP contribution in [0.4, 0.5) is 0 Å². The van der Waals surface area contributed by atoms with Crippen LogP contribution in [0.2, 0.25) is 0 Å². The highest BCUT2D eigenvalue weighted by Crippen LogP contribution is 2.47. The molecule has 2 aromatic heterocycles. The maximum Gasteiger partial charge on any atom is 0.0542 e. The molecule has 2 aliphatic carbocycles. The van der Waals surface area contributed by atoms with Gasteiger partial charge in [0.1, 0.15) is 0 Å². The summed E-state index contributed by atoms with van der Waals surface area (Å²) in [7, 11) is 0. The van der Waals surface area contributed by atoms with Crippen LogP contribution in [0.15, 0.2) is 36.4 Å². The average Bonchev–Trinajstić information content (AvgIpc) is 3.38. The van der Waals surface area contributed by atoms with E-state index in [-0.39, 0.29) is 0 Å². The summed E-state index contributed by atoms with van der Waals surface area (Å²) in [5.41, 5.74) is 3.08. The molecule has 2 fully saturated rings. The number of benzene rings is 2. The smallest absolute Gasteiger partial charge is 0.0542 e. The maximum absolute atomic E-state index is 5.30. The highest BCUT2D eigenvalue weighted by molar-refractivity contribution is 7.36. The van der Waals surface area contributed by atoms with Crippen LogP contribution in [0.1, 0.15) is 81.3 Å². The fraction of sp³-hybridized carbons (Fsp3) is 0.419. The molecule has 166 valence electrons. The molecule has 33 heavy (non-hydrogen) atoms. The molecule has 2 aliphatic rings. The summed E-state index contributed by atoms with van der Waals surface area (Å²) >= 11 is 4.00. The summed E-state index contributed by atoms with van der Waals surface area (Å²) in [6, 6.07) is 14.6. The quantitative estimate of drug-likeness (QED) is 0.258. The molecule has 0 atom stereocenters. The number of rotatable bonds is 2. The molecule has 0 aliphatic heterocycles. The van der Waals surface area contributed by atoms with Crippen molar-refractivity contribution in [2.75, 3.05) is 0 Å². The van der Waals surface area contributed by atoms with Gasteiger partial charge in [-0.15, -0.1) is 29.1 Å². The average molecular weight is 467 g/mol. The van der Waals surface area contributed by atoms with Crippen LogP contribution in [0, 0.1) is 36.0 Å². The number of hydrogen-bond acceptors (Lipinski definition) is 2. The first-order chi connectivity index (χ1) is 16.2. The molecule has 0 N–H and O–H groups in total. The molecule has 2 aromatic carbocycles. The fourth-order valence-corrected chi connectivity index (χ4v) is 8.86. The summed E-state index contributed by atoms with van der Waals surface area (Å²) in [6.07, 6.45) is 15.6. The Morgan fingerprint density at radius 1 is 0.727 bits per heavy atom. The first-order valence-corrected chi connectivity index (χ1v) is 14.2. The predicted molar refractivity (Wildman–Crippen MR) is 146 cm³/mol. The van der Waals surface area contributed by atoms with Gasteiger partial charge < -0.3 is 0 Å². The lowest BCUT2D eigenvalue weighted by Gasteiger charge is -2.26. The van der Waals surface area contributed by atoms with E-state index in [1.54, 1.807) is 5.56 Å². The zero-order valence-corrected chi connectivity index (χ0v) is 21.0. The molecular formula is C31H30S2. The van der Waals surface area contributed by atoms with Crippen LogP contribution < -0.4 is 0 Å². The molecular weight excluding hydrogens is 436 g/mol. The Hall–Kier alpha value is -2.26. The summed E-state index contributed by atoms with van der Waals surface area (Å²) in [5, 5.41) is 2.90. The van der Waals surface area contributed by atoms with Gasteiger partial charge in [0.05, 0.1) is 9.40 Å². The highest BCUT2D eigenvalue weighted by atomic mass is 32.1. The van der Waals surface area contributed by atoms with Gasteiger partial charge >= 0.3 is 0 Å². The zero-order valence-electron chi connectivity index (χ0n) is 19.3. The molecule has 0 bridgehead atoms. The maximum atomic E-state index is 5.30. The molecule has 2 heterocycles. The van der Waals surface area contributed by atoms with Gasteiger partial charge in [0.25, 0.3) is 0 Å². The molecule has 0 radical (unpaired) electrons. The summed E-state index contributed by atoms with van der Waals surface area (Å²) in [5.74, 6) is 11.4. The van der Waals surface area contributed by atoms with Crippen LogP contribution in [0.3, 0.4) is 0 Å². The van der Waals surface area contributed by atoms with Gasteiger partial charge in [-0.2, -0.15) is 0 Å². The summed E-state index contributed by atoms with van der Waals surface area (Å²) < 4.78 is 5.90. The molecule has 0 amide bonds. The Kier molecular flexibility index (Phi) is 5.70. The minimum Gasteiger partial charge on any atom is -0.134 e. The van der Waals surface area contributed by atoms with E-state index in [2.05, 4.69) is 61.1 Å². The van der Waals surface area contributed by atoms with E-state index < -0.39 is 0 Å². The van der Waals surface area contributed by atoms with Gasteiger partial charge in [0.2, 0.25) is 0 Å². The van der Waals surface area contributed by atoms with Crippen LogP contribution in [0.5, 0.6) is 0 Å². The van der Waals surface area contributed by atoms with E-state index >= 15 is 0 Å². The van der Waals surface area contributed by atoms with Gasteiger partial charge in [0, 0.05) is 26.1 Å². The van der Waals surface area contributed by atoms with Crippen molar-refractivity contribution in [3.63, 3.8) is 0 Å². The van der Waals surface area contributed by atoms with Crippen molar-refractivity contribution in [2.24, 2.45) is 11.8 Å². The van der Waals surface area contributed by atoms with E-state index in [0.717, 1.165) is 11.8 Å². The molecule has 0 spiro atoms. The van der Waals surface area contributed by atoms with Crippen LogP contribution in [-0.2, 0) is 0 Å². The van der Waals surface area contributed by atoms with Crippen LogP contribution >= 0.6 is 22.7 Å². The lowest BCUT2D eigenvalue weighted by molar-refractivity contribution is 0.348. The molecule has 0 unspecified atom stereocenters. The van der Waals surface area contributed by atoms with Gasteiger partial charge in [-0.1, -0.05) is 50.0 Å². The van der Waals surface area contributed by atoms with Crippen molar-refractivity contribution >= 4 is 52.2 Å². The normalized spacial score (nSPS) is 25.7. The summed E-state index contributed by atoms with van der Waals surface area (Å²) in [6.45, 7) is 2.41. The first-order valence-electron chi connectivity index (χ1n) is 12.5. The minimum absolute atomic E-state index is 0.487. The third-order valence-corrected chi connectivity index (χ3v) is 10.7. The Morgan fingerprint density at radius 3 is 1.76 bits per heavy atom. The topological polar surface area (TPSA) is 0 Å². The molecule has 2 heteroatoms. The van der Waals surface area contributed by atoms with Gasteiger partial charge in [-0.25, -0.2) is 0 Å². The zero-order chi connectivity index (χ0) is 22.4. The van der Waals surface area contributed by atoms with Crippen molar-refractivity contribution in [1.82, 2.24) is 0 Å². The lowest BCUT2D eigenvalue weighted by Crippen LogP contribution is -2.11. The Labute approximate surface area is 205 Å². The Balaban J connectivity index is 1.28. The Bertz CT molecular complexity index is 1410. The van der Waals surface area contributed by atoms with Gasteiger partial charge in [-0.05, 0) is 91.4 Å². The monoisotopic (exact) mass is 466 g/mol. The van der Waals surface area contributed by atoms with Gasteiger partial charge in [0.15, 0.2) is 0 Å². The van der Waals surface area contributed by atoms with Crippen molar-refractivity contribution < 1.29 is 0 Å². The third kappa shape index (κ3) is 3.99.